The Morgan fingerprint density at radius 1 is 1.13 bits per heavy atom. The van der Waals surface area contributed by atoms with Gasteiger partial charge in [0.05, 0.1) is 5.69 Å². The van der Waals surface area contributed by atoms with E-state index in [1.165, 1.54) is 0 Å². The largest absolute Gasteiger partial charge is 0.385 e. The standard InChI is InChI=1S/C23H28N6O2/c1-2-21-26-13-10-19(28-21)17-14-20(23(31)27-15-17)29-22(30)16-6-8-18(9-7-16)25-12-5-3-4-11-24/h6-10,13-15,25H,2-5,11-12,24H2,1H3,(H,27,31)(H,29,30). The first kappa shape index (κ1) is 22.2. The van der Waals surface area contributed by atoms with Gasteiger partial charge >= 0.3 is 0 Å². The first-order valence-corrected chi connectivity index (χ1v) is 10.5. The van der Waals surface area contributed by atoms with Gasteiger partial charge in [0.15, 0.2) is 0 Å². The van der Waals surface area contributed by atoms with E-state index in [0.717, 1.165) is 31.5 Å². The minimum absolute atomic E-state index is 0.168. The Balaban J connectivity index is 1.66. The fraction of sp³-hybridized carbons (Fsp3) is 0.304. The lowest BCUT2D eigenvalue weighted by molar-refractivity contribution is 0.102. The highest BCUT2D eigenvalue weighted by Gasteiger charge is 2.11. The number of carbonyl (C=O) groups excluding carboxylic acids is 1. The number of nitrogens with zero attached hydrogens (tertiary/aromatic N) is 2. The number of nitrogens with one attached hydrogen (secondary N) is 3. The molecule has 0 spiro atoms. The van der Waals surface area contributed by atoms with Crippen LogP contribution in [0.1, 0.15) is 42.4 Å². The molecule has 0 fully saturated rings. The zero-order chi connectivity index (χ0) is 22.1. The number of hydrogen-bond acceptors (Lipinski definition) is 6. The van der Waals surface area contributed by atoms with Gasteiger partial charge in [-0.05, 0) is 55.8 Å². The Morgan fingerprint density at radius 3 is 2.68 bits per heavy atom. The molecule has 2 aromatic heterocycles. The van der Waals surface area contributed by atoms with Crippen LogP contribution in [0.5, 0.6) is 0 Å². The molecule has 8 heteroatoms. The number of H-pyrrole nitrogens is 1. The summed E-state index contributed by atoms with van der Waals surface area (Å²) in [6, 6.07) is 10.5. The molecule has 8 nitrogen and oxygen atoms in total. The molecule has 0 aliphatic carbocycles. The zero-order valence-corrected chi connectivity index (χ0v) is 17.6. The first-order valence-electron chi connectivity index (χ1n) is 10.5. The molecule has 31 heavy (non-hydrogen) atoms. The van der Waals surface area contributed by atoms with E-state index in [4.69, 9.17) is 5.73 Å². The molecule has 0 atom stereocenters. The van der Waals surface area contributed by atoms with Gasteiger partial charge < -0.3 is 21.4 Å². The molecule has 162 valence electrons. The van der Waals surface area contributed by atoms with E-state index < -0.39 is 0 Å². The number of carbonyl (C=O) groups is 1. The molecule has 0 saturated heterocycles. The van der Waals surface area contributed by atoms with Crippen molar-refractivity contribution in [3.8, 4) is 11.3 Å². The number of nitrogens with two attached hydrogens (primary N) is 1. The van der Waals surface area contributed by atoms with Gasteiger partial charge in [-0.15, -0.1) is 0 Å². The van der Waals surface area contributed by atoms with Gasteiger partial charge in [-0.1, -0.05) is 13.3 Å². The molecule has 3 aromatic rings. The van der Waals surface area contributed by atoms with Crippen LogP contribution in [0, 0.1) is 0 Å². The van der Waals surface area contributed by atoms with E-state index in [1.54, 1.807) is 36.7 Å². The van der Waals surface area contributed by atoms with Crippen LogP contribution in [0.2, 0.25) is 0 Å². The summed E-state index contributed by atoms with van der Waals surface area (Å²) in [6.45, 7) is 3.55. The summed E-state index contributed by atoms with van der Waals surface area (Å²) in [7, 11) is 0. The number of amides is 1. The summed E-state index contributed by atoms with van der Waals surface area (Å²) in [5.74, 6) is 0.358. The Labute approximate surface area is 181 Å². The van der Waals surface area contributed by atoms with Crippen LogP contribution in [0.25, 0.3) is 11.3 Å². The smallest absolute Gasteiger partial charge is 0.271 e. The average molecular weight is 421 g/mol. The zero-order valence-electron chi connectivity index (χ0n) is 17.6. The summed E-state index contributed by atoms with van der Waals surface area (Å²) in [4.78, 5) is 36.2. The van der Waals surface area contributed by atoms with E-state index in [9.17, 15) is 9.59 Å². The summed E-state index contributed by atoms with van der Waals surface area (Å²) in [5.41, 5.74) is 8.07. The third-order valence-electron chi connectivity index (χ3n) is 4.83. The van der Waals surface area contributed by atoms with E-state index in [1.807, 2.05) is 19.1 Å². The van der Waals surface area contributed by atoms with Crippen LogP contribution < -0.4 is 21.9 Å². The van der Waals surface area contributed by atoms with Gasteiger partial charge in [0, 0.05) is 42.2 Å². The minimum atomic E-state index is -0.377. The maximum atomic E-state index is 12.6. The Morgan fingerprint density at radius 2 is 1.94 bits per heavy atom. The van der Waals surface area contributed by atoms with Crippen molar-refractivity contribution in [2.24, 2.45) is 5.73 Å². The third-order valence-corrected chi connectivity index (χ3v) is 4.83. The van der Waals surface area contributed by atoms with E-state index in [2.05, 4.69) is 25.6 Å². The number of hydrogen-bond donors (Lipinski definition) is 4. The van der Waals surface area contributed by atoms with E-state index >= 15 is 0 Å². The SMILES string of the molecule is CCc1nccc(-c2c[nH]c(=O)c(NC(=O)c3ccc(NCCCCCN)cc3)c2)n1. The predicted molar refractivity (Wildman–Crippen MR) is 123 cm³/mol. The molecule has 3 rings (SSSR count). The molecule has 0 saturated carbocycles. The Hall–Kier alpha value is -3.52. The minimum Gasteiger partial charge on any atom is -0.385 e. The molecule has 0 radical (unpaired) electrons. The van der Waals surface area contributed by atoms with E-state index in [-0.39, 0.29) is 17.2 Å². The maximum Gasteiger partial charge on any atom is 0.271 e. The highest BCUT2D eigenvalue weighted by molar-refractivity contribution is 6.04. The van der Waals surface area contributed by atoms with Crippen LogP contribution in [0.15, 0.2) is 53.6 Å². The van der Waals surface area contributed by atoms with Crippen molar-refractivity contribution in [3.63, 3.8) is 0 Å². The monoisotopic (exact) mass is 420 g/mol. The van der Waals surface area contributed by atoms with Crippen molar-refractivity contribution in [1.82, 2.24) is 15.0 Å². The Bertz CT molecular complexity index is 1060. The normalized spacial score (nSPS) is 10.6. The van der Waals surface area contributed by atoms with Crippen LogP contribution in [0.4, 0.5) is 11.4 Å². The van der Waals surface area contributed by atoms with Crippen molar-refractivity contribution in [2.45, 2.75) is 32.6 Å². The van der Waals surface area contributed by atoms with Gasteiger partial charge in [-0.3, -0.25) is 9.59 Å². The highest BCUT2D eigenvalue weighted by Crippen LogP contribution is 2.18. The van der Waals surface area contributed by atoms with Crippen molar-refractivity contribution in [1.29, 1.82) is 0 Å². The fourth-order valence-electron chi connectivity index (χ4n) is 3.07. The lowest BCUT2D eigenvalue weighted by Crippen LogP contribution is -2.19. The van der Waals surface area contributed by atoms with Gasteiger partial charge in [0.2, 0.25) is 0 Å². The third kappa shape index (κ3) is 6.23. The molecule has 2 heterocycles. The number of aryl methyl sites for hydroxylation is 1. The summed E-state index contributed by atoms with van der Waals surface area (Å²) in [6.07, 6.45) is 7.13. The van der Waals surface area contributed by atoms with Crippen molar-refractivity contribution in [2.75, 3.05) is 23.7 Å². The second kappa shape index (κ2) is 11.0. The van der Waals surface area contributed by atoms with Crippen molar-refractivity contribution in [3.05, 3.63) is 70.5 Å². The molecule has 0 bridgehead atoms. The van der Waals surface area contributed by atoms with Gasteiger partial charge in [0.1, 0.15) is 11.5 Å². The number of benzene rings is 1. The summed E-state index contributed by atoms with van der Waals surface area (Å²) in [5, 5.41) is 6.02. The topological polar surface area (TPSA) is 126 Å². The molecule has 0 aliphatic rings. The van der Waals surface area contributed by atoms with Crippen LogP contribution in [0.3, 0.4) is 0 Å². The molecule has 5 N–H and O–H groups in total. The fourth-order valence-corrected chi connectivity index (χ4v) is 3.07. The van der Waals surface area contributed by atoms with Crippen molar-refractivity contribution >= 4 is 17.3 Å². The number of pyridine rings is 1. The van der Waals surface area contributed by atoms with Gasteiger partial charge in [-0.25, -0.2) is 9.97 Å². The number of anilines is 2. The molecule has 0 aliphatic heterocycles. The van der Waals surface area contributed by atoms with E-state index in [0.29, 0.717) is 35.6 Å². The number of unbranched alkanes of at least 4 members (excludes halogenated alkanes) is 2. The molecule has 1 amide bonds. The first-order chi connectivity index (χ1) is 15.1. The summed E-state index contributed by atoms with van der Waals surface area (Å²) < 4.78 is 0. The van der Waals surface area contributed by atoms with Crippen LogP contribution >= 0.6 is 0 Å². The second-order valence-corrected chi connectivity index (χ2v) is 7.15. The van der Waals surface area contributed by atoms with Crippen LogP contribution in [-0.2, 0) is 6.42 Å². The number of aromatic nitrogens is 3. The second-order valence-electron chi connectivity index (χ2n) is 7.15. The predicted octanol–water partition coefficient (Wildman–Crippen LogP) is 3.19. The Kier molecular flexibility index (Phi) is 7.89. The highest BCUT2D eigenvalue weighted by atomic mass is 16.2. The van der Waals surface area contributed by atoms with Gasteiger partial charge in [-0.2, -0.15) is 0 Å². The maximum absolute atomic E-state index is 12.6. The average Bonchev–Trinajstić information content (AvgIpc) is 2.80. The molecule has 1 aromatic carbocycles. The number of aromatic amines is 1. The van der Waals surface area contributed by atoms with Crippen molar-refractivity contribution < 1.29 is 4.79 Å². The molecular formula is C23H28N6O2. The van der Waals surface area contributed by atoms with Gasteiger partial charge in [0.25, 0.3) is 11.5 Å². The lowest BCUT2D eigenvalue weighted by Gasteiger charge is -2.09. The summed E-state index contributed by atoms with van der Waals surface area (Å²) >= 11 is 0. The number of rotatable bonds is 10. The quantitative estimate of drug-likeness (QED) is 0.373. The molecular weight excluding hydrogens is 392 g/mol. The van der Waals surface area contributed by atoms with Crippen LogP contribution in [-0.4, -0.2) is 33.9 Å². The lowest BCUT2D eigenvalue weighted by atomic mass is 10.1. The molecule has 0 unspecified atom stereocenters.